The van der Waals surface area contributed by atoms with Gasteiger partial charge in [0.25, 0.3) is 5.75 Å². The molecule has 1 rings (SSSR count). The fourth-order valence-electron chi connectivity index (χ4n) is 1.44. The van der Waals surface area contributed by atoms with Gasteiger partial charge in [0.2, 0.25) is 5.75 Å². The third kappa shape index (κ3) is 2.10. The molecule has 0 bridgehead atoms. The summed E-state index contributed by atoms with van der Waals surface area (Å²) in [5, 5.41) is 21.7. The van der Waals surface area contributed by atoms with Gasteiger partial charge in [0.05, 0.1) is 37.2 Å². The Labute approximate surface area is 101 Å². The second-order valence-corrected chi connectivity index (χ2v) is 3.03. The van der Waals surface area contributed by atoms with Crippen molar-refractivity contribution in [1.82, 2.24) is 0 Å². The number of rotatable bonds is 5. The standard InChI is InChI=1S/C9H10N2O7/c1-16-6-4-5(10(12)13)7(11(14)15)9(18-3)8(6)17-2/h4H,1-3H3. The van der Waals surface area contributed by atoms with Crippen LogP contribution >= 0.6 is 0 Å². The van der Waals surface area contributed by atoms with Gasteiger partial charge in [-0.2, -0.15) is 0 Å². The van der Waals surface area contributed by atoms with Gasteiger partial charge in [-0.05, 0) is 0 Å². The first-order valence-corrected chi connectivity index (χ1v) is 4.59. The van der Waals surface area contributed by atoms with E-state index in [4.69, 9.17) is 14.2 Å². The van der Waals surface area contributed by atoms with Crippen molar-refractivity contribution in [2.75, 3.05) is 21.3 Å². The summed E-state index contributed by atoms with van der Waals surface area (Å²) in [7, 11) is 3.65. The molecule has 0 atom stereocenters. The molecule has 0 unspecified atom stereocenters. The Balaban J connectivity index is 3.74. The van der Waals surface area contributed by atoms with Gasteiger partial charge in [-0.3, -0.25) is 20.2 Å². The molecule has 0 aliphatic carbocycles. The fraction of sp³-hybridized carbons (Fsp3) is 0.333. The largest absolute Gasteiger partial charge is 0.492 e. The van der Waals surface area contributed by atoms with Crippen LogP contribution in [0.25, 0.3) is 0 Å². The maximum absolute atomic E-state index is 10.9. The lowest BCUT2D eigenvalue weighted by Crippen LogP contribution is -2.03. The molecule has 0 saturated heterocycles. The number of nitro groups is 2. The third-order valence-corrected chi connectivity index (χ3v) is 2.16. The lowest BCUT2D eigenvalue weighted by Gasteiger charge is -2.11. The van der Waals surface area contributed by atoms with E-state index in [1.165, 1.54) is 14.2 Å². The molecule has 1 aromatic carbocycles. The Morgan fingerprint density at radius 1 is 0.944 bits per heavy atom. The van der Waals surface area contributed by atoms with Crippen LogP contribution in [-0.2, 0) is 0 Å². The number of hydrogen-bond acceptors (Lipinski definition) is 7. The lowest BCUT2D eigenvalue weighted by atomic mass is 10.2. The average Bonchev–Trinajstić information content (AvgIpc) is 2.35. The molecule has 18 heavy (non-hydrogen) atoms. The fourth-order valence-corrected chi connectivity index (χ4v) is 1.44. The molecular formula is C9H10N2O7. The van der Waals surface area contributed by atoms with Gasteiger partial charge < -0.3 is 14.2 Å². The zero-order valence-electron chi connectivity index (χ0n) is 9.83. The summed E-state index contributed by atoms with van der Waals surface area (Å²) < 4.78 is 14.6. The van der Waals surface area contributed by atoms with E-state index in [1.807, 2.05) is 0 Å². The lowest BCUT2D eigenvalue weighted by molar-refractivity contribution is -0.423. The number of nitro benzene ring substituents is 2. The summed E-state index contributed by atoms with van der Waals surface area (Å²) in [5.41, 5.74) is -1.50. The summed E-state index contributed by atoms with van der Waals surface area (Å²) in [6, 6.07) is 0.916. The second-order valence-electron chi connectivity index (χ2n) is 3.03. The van der Waals surface area contributed by atoms with Gasteiger partial charge in [-0.15, -0.1) is 0 Å². The number of nitrogens with zero attached hydrogens (tertiary/aromatic N) is 2. The summed E-state index contributed by atoms with van der Waals surface area (Å²) in [6.07, 6.45) is 0. The van der Waals surface area contributed by atoms with Crippen LogP contribution in [0.5, 0.6) is 17.2 Å². The van der Waals surface area contributed by atoms with Crippen LogP contribution in [0.2, 0.25) is 0 Å². The number of methoxy groups -OCH3 is 3. The Bertz CT molecular complexity index is 500. The molecule has 9 nitrogen and oxygen atoms in total. The first kappa shape index (κ1) is 13.5. The topological polar surface area (TPSA) is 114 Å². The molecule has 0 radical (unpaired) electrons. The van der Waals surface area contributed by atoms with E-state index in [0.29, 0.717) is 0 Å². The van der Waals surface area contributed by atoms with E-state index >= 15 is 0 Å². The van der Waals surface area contributed by atoms with Crippen molar-refractivity contribution in [3.63, 3.8) is 0 Å². The Morgan fingerprint density at radius 3 is 1.83 bits per heavy atom. The van der Waals surface area contributed by atoms with E-state index in [-0.39, 0.29) is 17.2 Å². The van der Waals surface area contributed by atoms with Crippen LogP contribution in [-0.4, -0.2) is 31.2 Å². The Morgan fingerprint density at radius 2 is 1.50 bits per heavy atom. The summed E-state index contributed by atoms with van der Waals surface area (Å²) in [4.78, 5) is 19.9. The van der Waals surface area contributed by atoms with Gasteiger partial charge in [0.15, 0.2) is 5.75 Å². The highest BCUT2D eigenvalue weighted by Crippen LogP contribution is 2.49. The smallest absolute Gasteiger partial charge is 0.391 e. The minimum atomic E-state index is -0.904. The van der Waals surface area contributed by atoms with Gasteiger partial charge in [0.1, 0.15) is 0 Å². The minimum Gasteiger partial charge on any atom is -0.492 e. The molecule has 9 heteroatoms. The van der Waals surface area contributed by atoms with Crippen LogP contribution in [0.15, 0.2) is 6.07 Å². The highest BCUT2D eigenvalue weighted by atomic mass is 16.6. The zero-order chi connectivity index (χ0) is 13.9. The molecule has 0 fully saturated rings. The van der Waals surface area contributed by atoms with Crippen LogP contribution in [0.4, 0.5) is 11.4 Å². The molecule has 0 saturated carbocycles. The first-order chi connectivity index (χ1) is 8.47. The van der Waals surface area contributed by atoms with Crippen LogP contribution < -0.4 is 14.2 Å². The molecular weight excluding hydrogens is 248 g/mol. The second kappa shape index (κ2) is 5.17. The van der Waals surface area contributed by atoms with Gasteiger partial charge in [-0.1, -0.05) is 0 Å². The molecule has 98 valence electrons. The van der Waals surface area contributed by atoms with E-state index in [2.05, 4.69) is 0 Å². The number of ether oxygens (including phenoxy) is 3. The zero-order valence-corrected chi connectivity index (χ0v) is 9.83. The monoisotopic (exact) mass is 258 g/mol. The predicted molar refractivity (Wildman–Crippen MR) is 59.4 cm³/mol. The molecule has 0 N–H and O–H groups in total. The van der Waals surface area contributed by atoms with E-state index in [9.17, 15) is 20.2 Å². The van der Waals surface area contributed by atoms with Crippen LogP contribution in [0.3, 0.4) is 0 Å². The summed E-state index contributed by atoms with van der Waals surface area (Å²) in [5.74, 6) is -0.447. The van der Waals surface area contributed by atoms with E-state index in [1.54, 1.807) is 0 Å². The normalized spacial score (nSPS) is 9.72. The average molecular weight is 258 g/mol. The van der Waals surface area contributed by atoms with E-state index in [0.717, 1.165) is 13.2 Å². The van der Waals surface area contributed by atoms with Crippen molar-refractivity contribution >= 4 is 11.4 Å². The van der Waals surface area contributed by atoms with Gasteiger partial charge in [-0.25, -0.2) is 0 Å². The third-order valence-electron chi connectivity index (χ3n) is 2.16. The maximum Gasteiger partial charge on any atom is 0.391 e. The SMILES string of the molecule is COc1cc([N+](=O)[O-])c([N+](=O)[O-])c(OC)c1OC. The quantitative estimate of drug-likeness (QED) is 0.580. The number of benzene rings is 1. The van der Waals surface area contributed by atoms with Crippen molar-refractivity contribution in [3.05, 3.63) is 26.3 Å². The minimum absolute atomic E-state index is 0.0216. The van der Waals surface area contributed by atoms with Gasteiger partial charge >= 0.3 is 11.4 Å². The Hall–Kier alpha value is -2.58. The summed E-state index contributed by atoms with van der Waals surface area (Å²) >= 11 is 0. The van der Waals surface area contributed by atoms with Crippen molar-refractivity contribution in [2.24, 2.45) is 0 Å². The Kier molecular flexibility index (Phi) is 3.87. The molecule has 0 heterocycles. The molecule has 1 aromatic rings. The van der Waals surface area contributed by atoms with Gasteiger partial charge in [0, 0.05) is 0 Å². The predicted octanol–water partition coefficient (Wildman–Crippen LogP) is 1.53. The van der Waals surface area contributed by atoms with Crippen LogP contribution in [0.1, 0.15) is 0 Å². The highest BCUT2D eigenvalue weighted by molar-refractivity contribution is 5.72. The molecule has 0 aliphatic rings. The maximum atomic E-state index is 10.9. The number of hydrogen-bond donors (Lipinski definition) is 0. The molecule has 0 aliphatic heterocycles. The summed E-state index contributed by atoms with van der Waals surface area (Å²) in [6.45, 7) is 0. The molecule has 0 amide bonds. The van der Waals surface area contributed by atoms with Crippen molar-refractivity contribution in [3.8, 4) is 17.2 Å². The van der Waals surface area contributed by atoms with Crippen molar-refractivity contribution < 1.29 is 24.1 Å². The molecule has 0 aromatic heterocycles. The highest BCUT2D eigenvalue weighted by Gasteiger charge is 2.35. The van der Waals surface area contributed by atoms with E-state index < -0.39 is 21.2 Å². The van der Waals surface area contributed by atoms with Crippen LogP contribution in [0, 0.1) is 20.2 Å². The van der Waals surface area contributed by atoms with Crippen molar-refractivity contribution in [1.29, 1.82) is 0 Å². The van der Waals surface area contributed by atoms with Crippen molar-refractivity contribution in [2.45, 2.75) is 0 Å². The first-order valence-electron chi connectivity index (χ1n) is 4.59. The molecule has 0 spiro atoms.